The fraction of sp³-hybridized carbons (Fsp3) is 0.600. The first-order valence-electron chi connectivity index (χ1n) is 17.2. The predicted octanol–water partition coefficient (Wildman–Crippen LogP) is 13.1. The van der Waals surface area contributed by atoms with Crippen LogP contribution in [0.5, 0.6) is 0 Å². The van der Waals surface area contributed by atoms with Gasteiger partial charge in [0.2, 0.25) is 0 Å². The van der Waals surface area contributed by atoms with E-state index in [0.29, 0.717) is 23.8 Å². The first kappa shape index (κ1) is 44.0. The van der Waals surface area contributed by atoms with Crippen LogP contribution in [0.25, 0.3) is 0 Å². The molecule has 0 bridgehead atoms. The van der Waals surface area contributed by atoms with Crippen LogP contribution in [0.3, 0.4) is 0 Å². The van der Waals surface area contributed by atoms with Crippen molar-refractivity contribution in [2.24, 2.45) is 5.92 Å². The van der Waals surface area contributed by atoms with E-state index in [1.54, 1.807) is 13.0 Å². The van der Waals surface area contributed by atoms with E-state index in [1.807, 2.05) is 20.8 Å². The van der Waals surface area contributed by atoms with Gasteiger partial charge in [-0.2, -0.15) is 8.42 Å². The number of allylic oxidation sites excluding steroid dienone is 7. The van der Waals surface area contributed by atoms with Gasteiger partial charge in [0.15, 0.2) is 0 Å². The van der Waals surface area contributed by atoms with Gasteiger partial charge >= 0.3 is 0 Å². The summed E-state index contributed by atoms with van der Waals surface area (Å²) in [6.07, 6.45) is 19.1. The molecule has 1 atom stereocenters. The van der Waals surface area contributed by atoms with Gasteiger partial charge < -0.3 is 0 Å². The fourth-order valence-electron chi connectivity index (χ4n) is 5.41. The topological polar surface area (TPSA) is 54.4 Å². The normalized spacial score (nSPS) is 13.8. The molecule has 0 aliphatic heterocycles. The highest BCUT2D eigenvalue weighted by Gasteiger charge is 2.26. The van der Waals surface area contributed by atoms with Crippen molar-refractivity contribution in [3.05, 3.63) is 94.0 Å². The average Bonchev–Trinajstić information content (AvgIpc) is 3.00. The zero-order valence-corrected chi connectivity index (χ0v) is 31.2. The van der Waals surface area contributed by atoms with Crippen molar-refractivity contribution in [2.45, 2.75) is 152 Å². The molecule has 1 unspecified atom stereocenters. The van der Waals surface area contributed by atoms with Gasteiger partial charge in [-0.15, -0.1) is 13.2 Å². The van der Waals surface area contributed by atoms with Crippen LogP contribution in [0, 0.1) is 5.92 Å². The van der Waals surface area contributed by atoms with Crippen molar-refractivity contribution in [2.75, 3.05) is 0 Å². The quantitative estimate of drug-likeness (QED) is 0.0761. The Hall–Kier alpha value is -2.17. The SMILES string of the molecule is C/C=C\C(=C(/C)C(C/C(=C\C(=C/C)CCCCCC)C(C)C)c1ccc(CCCCC)cc1C(C)C)S(=O)(=O)O.C=C.CC. The fourth-order valence-corrected chi connectivity index (χ4v) is 6.26. The van der Waals surface area contributed by atoms with Crippen LogP contribution in [-0.2, 0) is 16.5 Å². The highest BCUT2D eigenvalue weighted by atomic mass is 32.2. The van der Waals surface area contributed by atoms with Crippen LogP contribution in [0.2, 0.25) is 0 Å². The molecule has 0 saturated carbocycles. The predicted molar refractivity (Wildman–Crippen MR) is 198 cm³/mol. The molecular weight excluding hydrogens is 561 g/mol. The molecule has 44 heavy (non-hydrogen) atoms. The second kappa shape index (κ2) is 25.1. The Balaban J connectivity index is 0. The van der Waals surface area contributed by atoms with E-state index in [2.05, 4.69) is 92.0 Å². The molecule has 0 heterocycles. The third-order valence-corrected chi connectivity index (χ3v) is 8.98. The summed E-state index contributed by atoms with van der Waals surface area (Å²) in [5, 5.41) is 0. The minimum Gasteiger partial charge on any atom is -0.282 e. The Morgan fingerprint density at radius 2 is 1.50 bits per heavy atom. The molecule has 4 heteroatoms. The summed E-state index contributed by atoms with van der Waals surface area (Å²) in [5.41, 5.74) is 7.12. The molecule has 0 aromatic heterocycles. The number of unbranched alkanes of at least 4 members (excludes halogenated alkanes) is 5. The molecule has 1 N–H and O–H groups in total. The Morgan fingerprint density at radius 3 is 1.98 bits per heavy atom. The molecule has 1 aromatic carbocycles. The van der Waals surface area contributed by atoms with Crippen LogP contribution in [0.1, 0.15) is 162 Å². The maximum atomic E-state index is 12.6. The minimum atomic E-state index is -4.37. The van der Waals surface area contributed by atoms with Gasteiger partial charge in [0, 0.05) is 5.92 Å². The lowest BCUT2D eigenvalue weighted by molar-refractivity contribution is 0.491. The monoisotopic (exact) mass is 628 g/mol. The van der Waals surface area contributed by atoms with E-state index >= 15 is 0 Å². The molecule has 0 fully saturated rings. The van der Waals surface area contributed by atoms with Crippen LogP contribution >= 0.6 is 0 Å². The van der Waals surface area contributed by atoms with Crippen LogP contribution in [0.15, 0.2) is 77.3 Å². The Morgan fingerprint density at radius 1 is 0.909 bits per heavy atom. The number of rotatable bonds is 18. The van der Waals surface area contributed by atoms with Gasteiger partial charge in [0.25, 0.3) is 10.1 Å². The van der Waals surface area contributed by atoms with Gasteiger partial charge in [-0.25, -0.2) is 0 Å². The second-order valence-corrected chi connectivity index (χ2v) is 13.3. The summed E-state index contributed by atoms with van der Waals surface area (Å²) in [5.74, 6) is 0.443. The molecule has 1 rings (SSSR count). The molecule has 0 radical (unpaired) electrons. The molecule has 0 saturated heterocycles. The zero-order chi connectivity index (χ0) is 34.3. The molecule has 0 aliphatic rings. The van der Waals surface area contributed by atoms with E-state index < -0.39 is 10.1 Å². The van der Waals surface area contributed by atoms with Gasteiger partial charge in [0.05, 0.1) is 4.91 Å². The van der Waals surface area contributed by atoms with E-state index in [1.165, 1.54) is 73.3 Å². The van der Waals surface area contributed by atoms with Crippen LogP contribution < -0.4 is 0 Å². The first-order valence-corrected chi connectivity index (χ1v) is 18.6. The molecule has 3 nitrogen and oxygen atoms in total. The number of aryl methyl sites for hydroxylation is 1. The summed E-state index contributed by atoms with van der Waals surface area (Å²) in [7, 11) is -4.37. The first-order chi connectivity index (χ1) is 20.9. The van der Waals surface area contributed by atoms with E-state index in [0.717, 1.165) is 18.4 Å². The maximum absolute atomic E-state index is 12.6. The third kappa shape index (κ3) is 16.2. The highest BCUT2D eigenvalue weighted by Crippen LogP contribution is 2.40. The summed E-state index contributed by atoms with van der Waals surface area (Å²) in [6, 6.07) is 6.79. The Bertz CT molecular complexity index is 1150. The van der Waals surface area contributed by atoms with Gasteiger partial charge in [-0.3, -0.25) is 4.55 Å². The van der Waals surface area contributed by atoms with Gasteiger partial charge in [0.1, 0.15) is 0 Å². The van der Waals surface area contributed by atoms with Crippen LogP contribution in [-0.4, -0.2) is 13.0 Å². The minimum absolute atomic E-state index is 0.00987. The number of hydrogen-bond donors (Lipinski definition) is 1. The molecule has 1 aromatic rings. The molecular formula is C40H68O3S. The molecule has 0 amide bonds. The van der Waals surface area contributed by atoms with E-state index in [4.69, 9.17) is 0 Å². The molecule has 0 spiro atoms. The lowest BCUT2D eigenvalue weighted by Crippen LogP contribution is -2.14. The average molecular weight is 629 g/mol. The van der Waals surface area contributed by atoms with E-state index in [-0.39, 0.29) is 10.8 Å². The molecule has 0 aliphatic carbocycles. The Labute approximate surface area is 274 Å². The summed E-state index contributed by atoms with van der Waals surface area (Å²) < 4.78 is 35.3. The van der Waals surface area contributed by atoms with Gasteiger partial charge in [-0.05, 0) is 93.1 Å². The largest absolute Gasteiger partial charge is 0.294 e. The lowest BCUT2D eigenvalue weighted by Gasteiger charge is -2.27. The summed E-state index contributed by atoms with van der Waals surface area (Å²) in [6.45, 7) is 29.1. The molecule has 252 valence electrons. The third-order valence-electron chi connectivity index (χ3n) is 7.97. The van der Waals surface area contributed by atoms with Crippen molar-refractivity contribution in [1.82, 2.24) is 0 Å². The van der Waals surface area contributed by atoms with Gasteiger partial charge in [-0.1, -0.05) is 135 Å². The summed E-state index contributed by atoms with van der Waals surface area (Å²) in [4.78, 5) is 0.00987. The van der Waals surface area contributed by atoms with Crippen molar-refractivity contribution in [3.63, 3.8) is 0 Å². The number of benzene rings is 1. The maximum Gasteiger partial charge on any atom is 0.294 e. The standard InChI is InChI=1S/C36H58O3S.C2H6.C2H4/c1-10-14-16-18-20-30(13-4)24-32(27(5)6)26-35(29(9)36(19-12-3)40(37,38)39)33-23-22-31(21-17-15-11-2)25-34(33)28(7)8;2*1-2/h12-13,19,22-25,27-28,35H,10-11,14-18,20-21,26H2,1-9H3,(H,37,38,39);1-2H3;1-2H2/b19-12-,30-13-,32-24+,36-29-;;. The van der Waals surface area contributed by atoms with Crippen molar-refractivity contribution in [3.8, 4) is 0 Å². The Kier molecular flexibility index (Phi) is 25.0. The van der Waals surface area contributed by atoms with Crippen molar-refractivity contribution >= 4 is 10.1 Å². The van der Waals surface area contributed by atoms with Crippen LogP contribution in [0.4, 0.5) is 0 Å². The van der Waals surface area contributed by atoms with Crippen molar-refractivity contribution < 1.29 is 13.0 Å². The number of hydrogen-bond acceptors (Lipinski definition) is 2. The highest BCUT2D eigenvalue weighted by molar-refractivity contribution is 7.90. The summed E-state index contributed by atoms with van der Waals surface area (Å²) >= 11 is 0. The van der Waals surface area contributed by atoms with E-state index in [9.17, 15) is 13.0 Å². The zero-order valence-electron chi connectivity index (χ0n) is 30.4. The van der Waals surface area contributed by atoms with Crippen molar-refractivity contribution in [1.29, 1.82) is 0 Å². The smallest absolute Gasteiger partial charge is 0.282 e. The lowest BCUT2D eigenvalue weighted by atomic mass is 9.78. The second-order valence-electron chi connectivity index (χ2n) is 11.9.